The standard InChI is InChI=1S/C19H21N5O3/c1-12(26-14-7-5-4-6-8-14)19(25)24-10-9-16-15(11-24)17(21-23(16)3)18-20-13(2)22-27-18/h4-8,12H,9-11H2,1-3H3. The van der Waals surface area contributed by atoms with E-state index in [1.165, 1.54) is 0 Å². The summed E-state index contributed by atoms with van der Waals surface area (Å²) in [4.78, 5) is 19.0. The fourth-order valence-corrected chi connectivity index (χ4v) is 3.36. The van der Waals surface area contributed by atoms with Crippen LogP contribution < -0.4 is 4.74 Å². The minimum absolute atomic E-state index is 0.0546. The first-order chi connectivity index (χ1) is 13.0. The Balaban J connectivity index is 1.54. The number of carbonyl (C=O) groups excluding carboxylic acids is 1. The number of fused-ring (bicyclic) bond motifs is 1. The number of aryl methyl sites for hydroxylation is 2. The Kier molecular flexibility index (Phi) is 4.39. The molecule has 0 radical (unpaired) electrons. The lowest BCUT2D eigenvalue weighted by molar-refractivity contribution is -0.138. The molecule has 3 aromatic rings. The Labute approximate surface area is 156 Å². The number of carbonyl (C=O) groups is 1. The number of ether oxygens (including phenoxy) is 1. The lowest BCUT2D eigenvalue weighted by Gasteiger charge is -2.29. The van der Waals surface area contributed by atoms with Gasteiger partial charge in [0.15, 0.2) is 17.6 Å². The summed E-state index contributed by atoms with van der Waals surface area (Å²) < 4.78 is 12.9. The minimum Gasteiger partial charge on any atom is -0.481 e. The molecule has 3 heterocycles. The molecule has 0 saturated heterocycles. The zero-order valence-corrected chi connectivity index (χ0v) is 15.5. The molecular formula is C19H21N5O3. The highest BCUT2D eigenvalue weighted by Gasteiger charge is 2.31. The molecule has 140 valence electrons. The van der Waals surface area contributed by atoms with Crippen LogP contribution in [0.25, 0.3) is 11.6 Å². The van der Waals surface area contributed by atoms with Crippen LogP contribution in [0.1, 0.15) is 24.0 Å². The average molecular weight is 367 g/mol. The van der Waals surface area contributed by atoms with E-state index in [9.17, 15) is 4.79 Å². The van der Waals surface area contributed by atoms with E-state index in [4.69, 9.17) is 9.26 Å². The summed E-state index contributed by atoms with van der Waals surface area (Å²) in [6.07, 6.45) is 0.148. The van der Waals surface area contributed by atoms with Crippen molar-refractivity contribution >= 4 is 5.91 Å². The van der Waals surface area contributed by atoms with Crippen LogP contribution in [-0.4, -0.2) is 43.4 Å². The Morgan fingerprint density at radius 3 is 2.78 bits per heavy atom. The zero-order valence-electron chi connectivity index (χ0n) is 15.5. The quantitative estimate of drug-likeness (QED) is 0.702. The van der Waals surface area contributed by atoms with Gasteiger partial charge in [-0.1, -0.05) is 23.4 Å². The Bertz CT molecular complexity index is 963. The molecule has 0 N–H and O–H groups in total. The molecule has 0 aliphatic carbocycles. The molecule has 1 aliphatic heterocycles. The predicted molar refractivity (Wildman–Crippen MR) is 96.9 cm³/mol. The van der Waals surface area contributed by atoms with Crippen LogP contribution in [0, 0.1) is 6.92 Å². The topological polar surface area (TPSA) is 86.3 Å². The number of rotatable bonds is 4. The number of nitrogens with zero attached hydrogens (tertiary/aromatic N) is 5. The third-order valence-corrected chi connectivity index (χ3v) is 4.69. The zero-order chi connectivity index (χ0) is 19.0. The predicted octanol–water partition coefficient (Wildman–Crippen LogP) is 2.13. The SMILES string of the molecule is Cc1noc(-c2nn(C)c3c2CN(C(=O)C(C)Oc2ccccc2)CC3)n1. The smallest absolute Gasteiger partial charge is 0.278 e. The molecule has 0 spiro atoms. The molecule has 0 saturated carbocycles. The molecule has 0 bridgehead atoms. The number of hydrogen-bond donors (Lipinski definition) is 0. The molecule has 8 nitrogen and oxygen atoms in total. The monoisotopic (exact) mass is 367 g/mol. The Morgan fingerprint density at radius 2 is 2.07 bits per heavy atom. The Morgan fingerprint density at radius 1 is 1.30 bits per heavy atom. The third kappa shape index (κ3) is 3.30. The Hall–Kier alpha value is -3.16. The number of amides is 1. The number of para-hydroxylation sites is 1. The molecular weight excluding hydrogens is 346 g/mol. The maximum atomic E-state index is 12.9. The summed E-state index contributed by atoms with van der Waals surface area (Å²) in [5.41, 5.74) is 2.68. The molecule has 1 unspecified atom stereocenters. The highest BCUT2D eigenvalue weighted by molar-refractivity contribution is 5.81. The fourth-order valence-electron chi connectivity index (χ4n) is 3.36. The molecule has 1 aromatic carbocycles. The highest BCUT2D eigenvalue weighted by Crippen LogP contribution is 2.29. The maximum Gasteiger partial charge on any atom is 0.278 e. The fraction of sp³-hybridized carbons (Fsp3) is 0.368. The van der Waals surface area contributed by atoms with Crippen LogP contribution in [0.2, 0.25) is 0 Å². The van der Waals surface area contributed by atoms with E-state index in [0.29, 0.717) is 36.2 Å². The first-order valence-electron chi connectivity index (χ1n) is 8.89. The third-order valence-electron chi connectivity index (χ3n) is 4.69. The van der Waals surface area contributed by atoms with E-state index in [0.717, 1.165) is 17.7 Å². The summed E-state index contributed by atoms with van der Waals surface area (Å²) in [7, 11) is 1.89. The van der Waals surface area contributed by atoms with Crippen molar-refractivity contribution in [3.05, 3.63) is 47.4 Å². The van der Waals surface area contributed by atoms with E-state index in [1.54, 1.807) is 18.7 Å². The van der Waals surface area contributed by atoms with E-state index >= 15 is 0 Å². The number of aromatic nitrogens is 4. The van der Waals surface area contributed by atoms with Gasteiger partial charge in [0.05, 0.1) is 0 Å². The van der Waals surface area contributed by atoms with Crippen molar-refractivity contribution in [1.29, 1.82) is 0 Å². The van der Waals surface area contributed by atoms with Gasteiger partial charge in [0, 0.05) is 37.8 Å². The first kappa shape index (κ1) is 17.3. The molecule has 1 atom stereocenters. The average Bonchev–Trinajstić information content (AvgIpc) is 3.25. The molecule has 1 amide bonds. The van der Waals surface area contributed by atoms with Crippen molar-refractivity contribution in [3.63, 3.8) is 0 Å². The number of hydrogen-bond acceptors (Lipinski definition) is 6. The van der Waals surface area contributed by atoms with Gasteiger partial charge in [-0.25, -0.2) is 0 Å². The van der Waals surface area contributed by atoms with Crippen molar-refractivity contribution < 1.29 is 14.1 Å². The molecule has 1 aliphatic rings. The largest absolute Gasteiger partial charge is 0.481 e. The van der Waals surface area contributed by atoms with Crippen LogP contribution in [0.3, 0.4) is 0 Å². The number of benzene rings is 1. The second-order valence-electron chi connectivity index (χ2n) is 6.63. The van der Waals surface area contributed by atoms with Crippen LogP contribution in [0.15, 0.2) is 34.9 Å². The van der Waals surface area contributed by atoms with E-state index in [1.807, 2.05) is 42.1 Å². The summed E-state index contributed by atoms with van der Waals surface area (Å²) in [5.74, 6) is 1.56. The van der Waals surface area contributed by atoms with Crippen LogP contribution in [-0.2, 0) is 24.8 Å². The van der Waals surface area contributed by atoms with Crippen molar-refractivity contribution in [3.8, 4) is 17.3 Å². The molecule has 0 fully saturated rings. The van der Waals surface area contributed by atoms with Gasteiger partial charge in [0.2, 0.25) is 0 Å². The summed E-state index contributed by atoms with van der Waals surface area (Å²) in [6, 6.07) is 9.36. The van der Waals surface area contributed by atoms with Crippen LogP contribution in [0.4, 0.5) is 0 Å². The molecule has 27 heavy (non-hydrogen) atoms. The highest BCUT2D eigenvalue weighted by atomic mass is 16.5. The first-order valence-corrected chi connectivity index (χ1v) is 8.89. The lowest BCUT2D eigenvalue weighted by atomic mass is 10.0. The van der Waals surface area contributed by atoms with Gasteiger partial charge in [0.25, 0.3) is 11.8 Å². The van der Waals surface area contributed by atoms with Gasteiger partial charge >= 0.3 is 0 Å². The van der Waals surface area contributed by atoms with Gasteiger partial charge < -0.3 is 14.2 Å². The van der Waals surface area contributed by atoms with Gasteiger partial charge in [-0.3, -0.25) is 9.48 Å². The van der Waals surface area contributed by atoms with E-state index in [2.05, 4.69) is 15.2 Å². The van der Waals surface area contributed by atoms with Crippen molar-refractivity contribution in [2.24, 2.45) is 7.05 Å². The maximum absolute atomic E-state index is 12.9. The van der Waals surface area contributed by atoms with Gasteiger partial charge in [-0.2, -0.15) is 10.1 Å². The summed E-state index contributed by atoms with van der Waals surface area (Å²) >= 11 is 0. The van der Waals surface area contributed by atoms with Gasteiger partial charge in [-0.15, -0.1) is 0 Å². The summed E-state index contributed by atoms with van der Waals surface area (Å²) in [5, 5.41) is 8.38. The van der Waals surface area contributed by atoms with Crippen molar-refractivity contribution in [1.82, 2.24) is 24.8 Å². The van der Waals surface area contributed by atoms with Gasteiger partial charge in [0.1, 0.15) is 5.75 Å². The molecule has 8 heteroatoms. The minimum atomic E-state index is -0.570. The van der Waals surface area contributed by atoms with Crippen molar-refractivity contribution in [2.45, 2.75) is 32.9 Å². The normalized spacial score (nSPS) is 14.7. The van der Waals surface area contributed by atoms with Gasteiger partial charge in [-0.05, 0) is 26.0 Å². The lowest BCUT2D eigenvalue weighted by Crippen LogP contribution is -2.43. The van der Waals surface area contributed by atoms with E-state index < -0.39 is 6.10 Å². The second-order valence-corrected chi connectivity index (χ2v) is 6.63. The molecule has 4 rings (SSSR count). The van der Waals surface area contributed by atoms with Crippen LogP contribution in [0.5, 0.6) is 5.75 Å². The van der Waals surface area contributed by atoms with Crippen molar-refractivity contribution in [2.75, 3.05) is 6.54 Å². The second kappa shape index (κ2) is 6.86. The molecule has 2 aromatic heterocycles. The van der Waals surface area contributed by atoms with Crippen LogP contribution >= 0.6 is 0 Å². The summed E-state index contributed by atoms with van der Waals surface area (Å²) in [6.45, 7) is 4.61. The van der Waals surface area contributed by atoms with E-state index in [-0.39, 0.29) is 5.91 Å².